The molecule has 0 unspecified atom stereocenters. The van der Waals surface area contributed by atoms with Crippen LogP contribution in [-0.2, 0) is 16.4 Å². The largest absolute Gasteiger partial charge is 0.245 e. The maximum atomic E-state index is 11.8. The molecule has 0 amide bonds. The molecular formula is C14H15N3O2S. The number of sulfonamides is 1. The molecule has 0 fully saturated rings. The summed E-state index contributed by atoms with van der Waals surface area (Å²) in [7, 11) is -3.42. The van der Waals surface area contributed by atoms with E-state index < -0.39 is 10.0 Å². The minimum atomic E-state index is -3.42. The van der Waals surface area contributed by atoms with E-state index in [9.17, 15) is 8.42 Å². The van der Waals surface area contributed by atoms with Gasteiger partial charge in [0.25, 0.3) is 0 Å². The molecule has 0 radical (unpaired) electrons. The molecule has 2 aromatic rings. The van der Waals surface area contributed by atoms with Gasteiger partial charge in [0.15, 0.2) is 0 Å². The average Bonchev–Trinajstić information content (AvgIpc) is 2.47. The van der Waals surface area contributed by atoms with Crippen LogP contribution in [0.1, 0.15) is 11.1 Å². The van der Waals surface area contributed by atoms with Gasteiger partial charge in [-0.25, -0.2) is 23.1 Å². The molecule has 0 aliphatic heterocycles. The number of rotatable bonds is 6. The Morgan fingerprint density at radius 3 is 2.50 bits per heavy atom. The van der Waals surface area contributed by atoms with Gasteiger partial charge in [0.05, 0.1) is 0 Å². The van der Waals surface area contributed by atoms with Crippen molar-refractivity contribution in [3.8, 4) is 0 Å². The number of aromatic nitrogens is 2. The Bertz CT molecular complexity index is 655. The zero-order chi connectivity index (χ0) is 14.3. The van der Waals surface area contributed by atoms with E-state index in [-0.39, 0.29) is 0 Å². The Balaban J connectivity index is 1.87. The smallest absolute Gasteiger partial charge is 0.233 e. The summed E-state index contributed by atoms with van der Waals surface area (Å²) >= 11 is 0. The lowest BCUT2D eigenvalue weighted by Gasteiger charge is -2.02. The predicted octanol–water partition coefficient (Wildman–Crippen LogP) is 1.61. The van der Waals surface area contributed by atoms with Crippen molar-refractivity contribution in [1.82, 2.24) is 14.7 Å². The first-order chi connectivity index (χ1) is 9.66. The van der Waals surface area contributed by atoms with Gasteiger partial charge in [-0.15, -0.1) is 0 Å². The van der Waals surface area contributed by atoms with Crippen LogP contribution in [0, 0.1) is 0 Å². The number of hydrogen-bond donors (Lipinski definition) is 1. The first-order valence-corrected chi connectivity index (χ1v) is 7.67. The van der Waals surface area contributed by atoms with Crippen LogP contribution in [-0.4, -0.2) is 24.9 Å². The van der Waals surface area contributed by atoms with Crippen LogP contribution < -0.4 is 4.72 Å². The van der Waals surface area contributed by atoms with Crippen LogP contribution in [0.25, 0.3) is 6.08 Å². The molecule has 1 aromatic heterocycles. The molecule has 20 heavy (non-hydrogen) atoms. The van der Waals surface area contributed by atoms with Gasteiger partial charge in [0.1, 0.15) is 6.33 Å². The van der Waals surface area contributed by atoms with Crippen molar-refractivity contribution in [3.05, 3.63) is 65.6 Å². The summed E-state index contributed by atoms with van der Waals surface area (Å²) in [6.07, 6.45) is 6.89. The molecule has 0 aliphatic rings. The van der Waals surface area contributed by atoms with Gasteiger partial charge in [-0.1, -0.05) is 30.3 Å². The van der Waals surface area contributed by atoms with E-state index >= 15 is 0 Å². The average molecular weight is 289 g/mol. The lowest BCUT2D eigenvalue weighted by Crippen LogP contribution is -2.23. The molecule has 0 aliphatic carbocycles. The minimum Gasteiger partial charge on any atom is -0.245 e. The fourth-order valence-electron chi connectivity index (χ4n) is 1.58. The molecule has 0 bridgehead atoms. The minimum absolute atomic E-state index is 0.314. The number of benzene rings is 1. The van der Waals surface area contributed by atoms with Crippen LogP contribution in [0.3, 0.4) is 0 Å². The monoisotopic (exact) mass is 289 g/mol. The molecule has 0 saturated heterocycles. The van der Waals surface area contributed by atoms with Crippen LogP contribution in [0.2, 0.25) is 0 Å². The molecular weight excluding hydrogens is 274 g/mol. The molecule has 1 heterocycles. The van der Waals surface area contributed by atoms with Crippen molar-refractivity contribution in [2.45, 2.75) is 6.42 Å². The highest BCUT2D eigenvalue weighted by atomic mass is 32.2. The van der Waals surface area contributed by atoms with Crippen molar-refractivity contribution >= 4 is 16.1 Å². The number of nitrogens with zero attached hydrogens (tertiary/aromatic N) is 2. The highest BCUT2D eigenvalue weighted by Gasteiger charge is 2.04. The van der Waals surface area contributed by atoms with E-state index in [1.165, 1.54) is 11.7 Å². The van der Waals surface area contributed by atoms with E-state index in [0.29, 0.717) is 13.0 Å². The lowest BCUT2D eigenvalue weighted by atomic mass is 10.2. The van der Waals surface area contributed by atoms with Crippen LogP contribution in [0.15, 0.2) is 54.5 Å². The summed E-state index contributed by atoms with van der Waals surface area (Å²) in [6, 6.07) is 9.27. The van der Waals surface area contributed by atoms with Crippen molar-refractivity contribution < 1.29 is 8.42 Å². The first kappa shape index (κ1) is 14.4. The Morgan fingerprint density at radius 1 is 1.10 bits per heavy atom. The third-order valence-electron chi connectivity index (χ3n) is 2.57. The second-order valence-electron chi connectivity index (χ2n) is 4.15. The third-order valence-corrected chi connectivity index (χ3v) is 3.67. The summed E-state index contributed by atoms with van der Waals surface area (Å²) < 4.78 is 26.0. The topological polar surface area (TPSA) is 72.0 Å². The maximum Gasteiger partial charge on any atom is 0.233 e. The molecule has 2 rings (SSSR count). The Labute approximate surface area is 118 Å². The Morgan fingerprint density at radius 2 is 1.80 bits per heavy atom. The van der Waals surface area contributed by atoms with Gasteiger partial charge in [-0.2, -0.15) is 0 Å². The molecule has 0 atom stereocenters. The molecule has 0 spiro atoms. The quantitative estimate of drug-likeness (QED) is 0.877. The third kappa shape index (κ3) is 4.91. The first-order valence-electron chi connectivity index (χ1n) is 6.12. The van der Waals surface area contributed by atoms with Crippen molar-refractivity contribution in [2.75, 3.05) is 6.54 Å². The molecule has 104 valence electrons. The summed E-state index contributed by atoms with van der Waals surface area (Å²) in [5.41, 5.74) is 1.73. The van der Waals surface area contributed by atoms with Gasteiger partial charge in [-0.05, 0) is 23.6 Å². The predicted molar refractivity (Wildman–Crippen MR) is 78.1 cm³/mol. The summed E-state index contributed by atoms with van der Waals surface area (Å²) in [5, 5.41) is 1.17. The van der Waals surface area contributed by atoms with Crippen molar-refractivity contribution in [1.29, 1.82) is 0 Å². The van der Waals surface area contributed by atoms with E-state index in [1.807, 2.05) is 30.3 Å². The molecule has 6 heteroatoms. The summed E-state index contributed by atoms with van der Waals surface area (Å²) in [6.45, 7) is 0.314. The number of hydrogen-bond acceptors (Lipinski definition) is 4. The zero-order valence-corrected chi connectivity index (χ0v) is 11.6. The van der Waals surface area contributed by atoms with Gasteiger partial charge < -0.3 is 0 Å². The zero-order valence-electron chi connectivity index (χ0n) is 10.8. The second-order valence-corrected chi connectivity index (χ2v) is 5.80. The van der Waals surface area contributed by atoms with E-state index in [0.717, 1.165) is 11.1 Å². The highest BCUT2D eigenvalue weighted by molar-refractivity contribution is 7.92. The van der Waals surface area contributed by atoms with Crippen LogP contribution in [0.5, 0.6) is 0 Å². The SMILES string of the molecule is O=S(=O)(/C=C/c1ccccc1)NCCc1cncnc1. The van der Waals surface area contributed by atoms with Crippen LogP contribution >= 0.6 is 0 Å². The van der Waals surface area contributed by atoms with Gasteiger partial charge in [0, 0.05) is 24.3 Å². The normalized spacial score (nSPS) is 11.8. The lowest BCUT2D eigenvalue weighted by molar-refractivity contribution is 0.591. The van der Waals surface area contributed by atoms with E-state index in [4.69, 9.17) is 0 Å². The van der Waals surface area contributed by atoms with E-state index in [2.05, 4.69) is 14.7 Å². The fraction of sp³-hybridized carbons (Fsp3) is 0.143. The van der Waals surface area contributed by atoms with Crippen molar-refractivity contribution in [3.63, 3.8) is 0 Å². The Hall–Kier alpha value is -2.05. The van der Waals surface area contributed by atoms with E-state index in [1.54, 1.807) is 18.5 Å². The standard InChI is InChI=1S/C14H15N3O2S/c18-20(19,9-7-13-4-2-1-3-5-13)17-8-6-14-10-15-12-16-11-14/h1-5,7,9-12,17H,6,8H2/b9-7+. The molecule has 1 N–H and O–H groups in total. The van der Waals surface area contributed by atoms with Gasteiger partial charge in [-0.3, -0.25) is 0 Å². The van der Waals surface area contributed by atoms with Gasteiger partial charge >= 0.3 is 0 Å². The van der Waals surface area contributed by atoms with Crippen LogP contribution in [0.4, 0.5) is 0 Å². The summed E-state index contributed by atoms with van der Waals surface area (Å²) in [5.74, 6) is 0. The fourth-order valence-corrected chi connectivity index (χ4v) is 2.40. The Kier molecular flexibility index (Phi) is 4.97. The van der Waals surface area contributed by atoms with Gasteiger partial charge in [0.2, 0.25) is 10.0 Å². The number of nitrogens with one attached hydrogen (secondary N) is 1. The molecule has 0 saturated carbocycles. The molecule has 1 aromatic carbocycles. The highest BCUT2D eigenvalue weighted by Crippen LogP contribution is 2.02. The second kappa shape index (κ2) is 6.93. The summed E-state index contributed by atoms with van der Waals surface area (Å²) in [4.78, 5) is 7.75. The molecule has 5 nitrogen and oxygen atoms in total. The van der Waals surface area contributed by atoms with Crippen molar-refractivity contribution in [2.24, 2.45) is 0 Å². The maximum absolute atomic E-state index is 11.8.